The van der Waals surface area contributed by atoms with E-state index >= 15 is 0 Å². The lowest BCUT2D eigenvalue weighted by Crippen LogP contribution is -2.48. The zero-order chi connectivity index (χ0) is 15.4. The number of anilines is 2. The number of pyridine rings is 1. The zero-order valence-electron chi connectivity index (χ0n) is 12.8. The van der Waals surface area contributed by atoms with Crippen LogP contribution in [0.25, 0.3) is 0 Å². The highest BCUT2D eigenvalue weighted by Gasteiger charge is 2.42. The molecule has 0 aliphatic carbocycles. The van der Waals surface area contributed by atoms with Crippen molar-refractivity contribution in [2.45, 2.75) is 45.8 Å². The number of carbonyl (C=O) groups excluding carboxylic acids is 1. The number of amides is 1. The van der Waals surface area contributed by atoms with Crippen molar-refractivity contribution in [2.24, 2.45) is 0 Å². The van der Waals surface area contributed by atoms with Crippen molar-refractivity contribution in [1.29, 1.82) is 0 Å². The smallest absolute Gasteiger partial charge is 0.416 e. The Morgan fingerprint density at radius 1 is 1.48 bits per heavy atom. The summed E-state index contributed by atoms with van der Waals surface area (Å²) in [6, 6.07) is 2.11. The number of hydrogen-bond donors (Lipinski definition) is 0. The summed E-state index contributed by atoms with van der Waals surface area (Å²) in [7, 11) is 0. The summed E-state index contributed by atoms with van der Waals surface area (Å²) in [4.78, 5) is 20.9. The molecule has 6 heteroatoms. The average Bonchev–Trinajstić information content (AvgIpc) is 2.75. The molecule has 1 aromatic rings. The lowest BCUT2D eigenvalue weighted by atomic mass is 10.1. The predicted octanol–water partition coefficient (Wildman–Crippen LogP) is 3.38. The molecule has 1 aromatic heterocycles. The number of hydrogen-bond acceptors (Lipinski definition) is 4. The van der Waals surface area contributed by atoms with E-state index < -0.39 is 5.60 Å². The molecular formula is C15H20ClN3O2. The third-order valence-electron chi connectivity index (χ3n) is 3.80. The van der Waals surface area contributed by atoms with E-state index in [1.54, 1.807) is 4.90 Å². The van der Waals surface area contributed by atoms with Crippen LogP contribution in [0.4, 0.5) is 16.3 Å². The van der Waals surface area contributed by atoms with E-state index in [9.17, 15) is 4.79 Å². The zero-order valence-corrected chi connectivity index (χ0v) is 13.6. The number of halogens is 1. The molecule has 5 nitrogen and oxygen atoms in total. The topological polar surface area (TPSA) is 45.7 Å². The van der Waals surface area contributed by atoms with Crippen LogP contribution < -0.4 is 9.80 Å². The van der Waals surface area contributed by atoms with Crippen molar-refractivity contribution in [3.8, 4) is 0 Å². The summed E-state index contributed by atoms with van der Waals surface area (Å²) >= 11 is 6.16. The third-order valence-corrected chi connectivity index (χ3v) is 4.18. The predicted molar refractivity (Wildman–Crippen MR) is 83.3 cm³/mol. The number of rotatable bonds is 0. The Labute approximate surface area is 129 Å². The molecule has 2 aliphatic rings. The normalized spacial score (nSPS) is 20.5. The van der Waals surface area contributed by atoms with Crippen LogP contribution in [0.1, 0.15) is 32.8 Å². The highest BCUT2D eigenvalue weighted by atomic mass is 35.5. The maximum absolute atomic E-state index is 12.6. The molecule has 1 amide bonds. The molecule has 0 N–H and O–H groups in total. The molecule has 114 valence electrons. The Balaban J connectivity index is 2.03. The molecule has 21 heavy (non-hydrogen) atoms. The summed E-state index contributed by atoms with van der Waals surface area (Å²) in [5, 5.41) is 0.435. The molecule has 0 saturated carbocycles. The Kier molecular flexibility index (Phi) is 3.28. The van der Waals surface area contributed by atoms with Crippen molar-refractivity contribution >= 4 is 29.2 Å². The lowest BCUT2D eigenvalue weighted by molar-refractivity contribution is 0.0566. The highest BCUT2D eigenvalue weighted by molar-refractivity contribution is 6.30. The quantitative estimate of drug-likeness (QED) is 0.689. The van der Waals surface area contributed by atoms with E-state index in [1.807, 2.05) is 33.8 Å². The van der Waals surface area contributed by atoms with Gasteiger partial charge in [-0.2, -0.15) is 0 Å². The molecule has 0 aromatic carbocycles. The third kappa shape index (κ3) is 2.55. The van der Waals surface area contributed by atoms with Crippen molar-refractivity contribution in [3.63, 3.8) is 0 Å². The molecule has 1 atom stereocenters. The largest absolute Gasteiger partial charge is 0.443 e. The number of aryl methyl sites for hydroxylation is 1. The van der Waals surface area contributed by atoms with E-state index in [4.69, 9.17) is 16.3 Å². The van der Waals surface area contributed by atoms with Crippen LogP contribution in [0, 0.1) is 6.92 Å². The molecular weight excluding hydrogens is 290 g/mol. The second kappa shape index (κ2) is 4.77. The van der Waals surface area contributed by atoms with E-state index in [0.29, 0.717) is 11.0 Å². The maximum Gasteiger partial charge on any atom is 0.416 e. The monoisotopic (exact) mass is 309 g/mol. The molecule has 0 spiro atoms. The summed E-state index contributed by atoms with van der Waals surface area (Å²) in [5.74, 6) is 0.619. The van der Waals surface area contributed by atoms with Crippen molar-refractivity contribution < 1.29 is 9.53 Å². The number of fused-ring (bicyclic) bond motifs is 4. The van der Waals surface area contributed by atoms with Crippen LogP contribution >= 0.6 is 11.6 Å². The van der Waals surface area contributed by atoms with Crippen LogP contribution in [0.2, 0.25) is 5.15 Å². The molecule has 2 aliphatic heterocycles. The number of carbonyl (C=O) groups is 1. The van der Waals surface area contributed by atoms with Gasteiger partial charge in [-0.15, -0.1) is 0 Å². The van der Waals surface area contributed by atoms with E-state index in [2.05, 4.69) is 9.88 Å². The Hall–Kier alpha value is -1.49. The minimum Gasteiger partial charge on any atom is -0.443 e. The van der Waals surface area contributed by atoms with Crippen LogP contribution in [0.5, 0.6) is 0 Å². The van der Waals surface area contributed by atoms with Gasteiger partial charge in [0.25, 0.3) is 0 Å². The fourth-order valence-electron chi connectivity index (χ4n) is 2.87. The number of nitrogens with zero attached hydrogens (tertiary/aromatic N) is 3. The minimum atomic E-state index is -0.526. The van der Waals surface area contributed by atoms with Gasteiger partial charge in [0, 0.05) is 13.1 Å². The highest BCUT2D eigenvalue weighted by Crippen LogP contribution is 2.41. The molecule has 1 unspecified atom stereocenters. The molecule has 1 fully saturated rings. The lowest BCUT2D eigenvalue weighted by Gasteiger charge is -2.36. The molecule has 0 radical (unpaired) electrons. The van der Waals surface area contributed by atoms with Crippen molar-refractivity contribution in [3.05, 3.63) is 16.8 Å². The van der Waals surface area contributed by atoms with Crippen LogP contribution in [-0.4, -0.2) is 35.8 Å². The first-order chi connectivity index (χ1) is 9.76. The maximum atomic E-state index is 12.6. The first-order valence-electron chi connectivity index (χ1n) is 7.20. The Morgan fingerprint density at radius 2 is 2.19 bits per heavy atom. The SMILES string of the molecule is Cc1cc2c(nc1Cl)N(C(=O)OC(C)(C)C)C1CCN2C1. The van der Waals surface area contributed by atoms with Gasteiger partial charge in [-0.05, 0) is 45.7 Å². The van der Waals surface area contributed by atoms with E-state index in [-0.39, 0.29) is 12.1 Å². The van der Waals surface area contributed by atoms with Gasteiger partial charge in [0.2, 0.25) is 0 Å². The fraction of sp³-hybridized carbons (Fsp3) is 0.600. The molecule has 2 bridgehead atoms. The van der Waals surface area contributed by atoms with E-state index in [1.165, 1.54) is 0 Å². The summed E-state index contributed by atoms with van der Waals surface area (Å²) < 4.78 is 5.54. The van der Waals surface area contributed by atoms with Crippen molar-refractivity contribution in [1.82, 2.24) is 4.98 Å². The van der Waals surface area contributed by atoms with Gasteiger partial charge in [-0.25, -0.2) is 9.78 Å². The summed E-state index contributed by atoms with van der Waals surface area (Å²) in [5.41, 5.74) is 1.36. The van der Waals surface area contributed by atoms with Gasteiger partial charge in [-0.1, -0.05) is 11.6 Å². The minimum absolute atomic E-state index is 0.110. The fourth-order valence-corrected chi connectivity index (χ4v) is 3.00. The van der Waals surface area contributed by atoms with Gasteiger partial charge in [0.1, 0.15) is 10.8 Å². The van der Waals surface area contributed by atoms with Crippen LogP contribution in [0.3, 0.4) is 0 Å². The van der Waals surface area contributed by atoms with Gasteiger partial charge in [0.05, 0.1) is 11.7 Å². The standard InChI is InChI=1S/C15H20ClN3O2/c1-9-7-11-13(17-12(9)16)19(10-5-6-18(11)8-10)14(20)21-15(2,3)4/h7,10H,5-6,8H2,1-4H3. The van der Waals surface area contributed by atoms with E-state index in [0.717, 1.165) is 30.8 Å². The van der Waals surface area contributed by atoms with Gasteiger partial charge < -0.3 is 9.64 Å². The first kappa shape index (κ1) is 14.4. The summed E-state index contributed by atoms with van der Waals surface area (Å²) in [6.07, 6.45) is 0.578. The second-order valence-electron chi connectivity index (χ2n) is 6.68. The first-order valence-corrected chi connectivity index (χ1v) is 7.58. The van der Waals surface area contributed by atoms with Gasteiger partial charge >= 0.3 is 6.09 Å². The van der Waals surface area contributed by atoms with Crippen LogP contribution in [0.15, 0.2) is 6.07 Å². The van der Waals surface area contributed by atoms with Crippen molar-refractivity contribution in [2.75, 3.05) is 22.9 Å². The summed E-state index contributed by atoms with van der Waals surface area (Å²) in [6.45, 7) is 9.29. The number of aromatic nitrogens is 1. The Bertz CT molecular complexity index is 597. The van der Waals surface area contributed by atoms with Gasteiger partial charge in [-0.3, -0.25) is 4.90 Å². The van der Waals surface area contributed by atoms with Crippen LogP contribution in [-0.2, 0) is 4.74 Å². The molecule has 3 rings (SSSR count). The second-order valence-corrected chi connectivity index (χ2v) is 7.04. The average molecular weight is 310 g/mol. The Morgan fingerprint density at radius 3 is 2.86 bits per heavy atom. The molecule has 3 heterocycles. The molecule has 1 saturated heterocycles. The number of ether oxygens (including phenoxy) is 1. The van der Waals surface area contributed by atoms with Gasteiger partial charge in [0.15, 0.2) is 5.82 Å².